The highest BCUT2D eigenvalue weighted by atomic mass is 32.1. The molecular weight excluding hydrogens is 304 g/mol. The zero-order valence-electron chi connectivity index (χ0n) is 12.9. The Hall–Kier alpha value is -1.80. The summed E-state index contributed by atoms with van der Waals surface area (Å²) in [6.45, 7) is 6.72. The molecule has 1 saturated heterocycles. The largest absolute Gasteiger partial charge is 0.444 e. The average molecular weight is 326 g/mol. The molecule has 2 heterocycles. The van der Waals surface area contributed by atoms with Gasteiger partial charge in [0.15, 0.2) is 5.84 Å². The number of alkyl carbamates (subject to hydrolysis) is 1. The van der Waals surface area contributed by atoms with Crippen LogP contribution in [0.4, 0.5) is 4.79 Å². The molecule has 1 aliphatic heterocycles. The number of likely N-dealkylation sites (tertiary alicyclic amines) is 1. The fourth-order valence-corrected chi connectivity index (χ4v) is 3.17. The molecule has 7 nitrogen and oxygen atoms in total. The maximum atomic E-state index is 11.7. The van der Waals surface area contributed by atoms with Crippen molar-refractivity contribution in [3.63, 3.8) is 0 Å². The van der Waals surface area contributed by atoms with E-state index < -0.39 is 11.7 Å². The first kappa shape index (κ1) is 16.6. The molecule has 4 N–H and O–H groups in total. The van der Waals surface area contributed by atoms with Gasteiger partial charge in [0.1, 0.15) is 11.6 Å². The van der Waals surface area contributed by atoms with Crippen LogP contribution in [0, 0.1) is 0 Å². The number of nitrogens with zero attached hydrogens (tertiary/aromatic N) is 2. The highest BCUT2D eigenvalue weighted by Crippen LogP contribution is 2.29. The Morgan fingerprint density at radius 3 is 2.77 bits per heavy atom. The third-order valence-corrected chi connectivity index (χ3v) is 4.13. The third kappa shape index (κ3) is 4.11. The fraction of sp³-hybridized carbons (Fsp3) is 0.571. The Bertz CT molecular complexity index is 533. The molecule has 0 saturated carbocycles. The van der Waals surface area contributed by atoms with Crippen molar-refractivity contribution < 1.29 is 14.7 Å². The number of hydrogen-bond donors (Lipinski definition) is 3. The predicted octanol–water partition coefficient (Wildman–Crippen LogP) is 1.74. The number of rotatable bonds is 4. The van der Waals surface area contributed by atoms with Crippen molar-refractivity contribution >= 4 is 23.3 Å². The minimum Gasteiger partial charge on any atom is -0.444 e. The van der Waals surface area contributed by atoms with Crippen molar-refractivity contribution in [3.05, 3.63) is 22.4 Å². The van der Waals surface area contributed by atoms with Crippen molar-refractivity contribution in [2.45, 2.75) is 38.5 Å². The standard InChI is InChI=1S/C14H22N4O3S/c1-14(2,3)21-13(19)16-9-7-18(8-9)11(12(15)17-20)10-5-4-6-22-10/h4-6,9,11,20H,7-8H2,1-3H3,(H2,15,17)(H,16,19)/t11-/m0/s1. The Balaban J connectivity index is 1.90. The van der Waals surface area contributed by atoms with Crippen LogP contribution in [0.1, 0.15) is 31.7 Å². The molecule has 0 aliphatic carbocycles. The van der Waals surface area contributed by atoms with E-state index in [1.165, 1.54) is 0 Å². The average Bonchev–Trinajstić information content (AvgIpc) is 2.87. The molecule has 0 radical (unpaired) electrons. The maximum absolute atomic E-state index is 11.7. The topological polar surface area (TPSA) is 100 Å². The van der Waals surface area contributed by atoms with E-state index in [2.05, 4.69) is 10.5 Å². The minimum absolute atomic E-state index is 0.00352. The second-order valence-corrected chi connectivity index (χ2v) is 7.22. The summed E-state index contributed by atoms with van der Waals surface area (Å²) in [5.74, 6) is 0.151. The lowest BCUT2D eigenvalue weighted by Crippen LogP contribution is -2.61. The van der Waals surface area contributed by atoms with E-state index in [1.54, 1.807) is 11.3 Å². The van der Waals surface area contributed by atoms with E-state index in [9.17, 15) is 4.79 Å². The monoisotopic (exact) mass is 326 g/mol. The van der Waals surface area contributed by atoms with Crippen LogP contribution in [0.15, 0.2) is 22.7 Å². The molecule has 1 amide bonds. The van der Waals surface area contributed by atoms with Crippen LogP contribution in [-0.4, -0.2) is 46.8 Å². The van der Waals surface area contributed by atoms with Gasteiger partial charge >= 0.3 is 6.09 Å². The van der Waals surface area contributed by atoms with Gasteiger partial charge in [0.2, 0.25) is 0 Å². The van der Waals surface area contributed by atoms with Crippen LogP contribution in [0.3, 0.4) is 0 Å². The van der Waals surface area contributed by atoms with E-state index in [1.807, 2.05) is 43.2 Å². The lowest BCUT2D eigenvalue weighted by atomic mass is 10.0. The molecule has 1 aromatic heterocycles. The molecule has 22 heavy (non-hydrogen) atoms. The summed E-state index contributed by atoms with van der Waals surface area (Å²) in [6, 6.07) is 3.61. The van der Waals surface area contributed by atoms with Gasteiger partial charge in [0.05, 0.1) is 6.04 Å². The molecule has 122 valence electrons. The fourth-order valence-electron chi connectivity index (χ4n) is 2.30. The SMILES string of the molecule is CC(C)(C)OC(=O)NC1CN([C@H](C(N)=NO)c2cccs2)C1. The van der Waals surface area contributed by atoms with Crippen LogP contribution >= 0.6 is 11.3 Å². The van der Waals surface area contributed by atoms with Gasteiger partial charge in [0, 0.05) is 18.0 Å². The van der Waals surface area contributed by atoms with Crippen molar-refractivity contribution in [1.82, 2.24) is 10.2 Å². The first-order chi connectivity index (χ1) is 10.3. The minimum atomic E-state index is -0.513. The molecule has 1 atom stereocenters. The van der Waals surface area contributed by atoms with Crippen LogP contribution in [0.2, 0.25) is 0 Å². The number of oxime groups is 1. The Labute approximate surface area is 133 Å². The molecule has 1 aliphatic rings. The number of thiophene rings is 1. The molecule has 0 unspecified atom stereocenters. The number of amidine groups is 1. The summed E-state index contributed by atoms with van der Waals surface area (Å²) in [5.41, 5.74) is 5.29. The summed E-state index contributed by atoms with van der Waals surface area (Å²) >= 11 is 1.55. The number of hydrogen-bond acceptors (Lipinski definition) is 6. The summed E-state index contributed by atoms with van der Waals surface area (Å²) in [6.07, 6.45) is -0.423. The van der Waals surface area contributed by atoms with Gasteiger partial charge in [-0.15, -0.1) is 11.3 Å². The Morgan fingerprint density at radius 2 is 2.27 bits per heavy atom. The molecule has 0 spiro atoms. The van der Waals surface area contributed by atoms with E-state index >= 15 is 0 Å². The second-order valence-electron chi connectivity index (χ2n) is 6.24. The van der Waals surface area contributed by atoms with Gasteiger partial charge in [-0.05, 0) is 32.2 Å². The van der Waals surface area contributed by atoms with Crippen LogP contribution in [0.5, 0.6) is 0 Å². The first-order valence-corrected chi connectivity index (χ1v) is 7.92. The molecular formula is C14H22N4O3S. The van der Waals surface area contributed by atoms with Gasteiger partial charge in [-0.2, -0.15) is 0 Å². The molecule has 1 fully saturated rings. The number of carbonyl (C=O) groups is 1. The van der Waals surface area contributed by atoms with Gasteiger partial charge < -0.3 is 21.0 Å². The lowest BCUT2D eigenvalue weighted by Gasteiger charge is -2.43. The van der Waals surface area contributed by atoms with Gasteiger partial charge in [-0.1, -0.05) is 11.2 Å². The second kappa shape index (κ2) is 6.53. The third-order valence-electron chi connectivity index (χ3n) is 3.20. The van der Waals surface area contributed by atoms with Gasteiger partial charge in [0.25, 0.3) is 0 Å². The highest BCUT2D eigenvalue weighted by molar-refractivity contribution is 7.10. The number of carbonyl (C=O) groups excluding carboxylic acids is 1. The van der Waals surface area contributed by atoms with Crippen LogP contribution in [0.25, 0.3) is 0 Å². The predicted molar refractivity (Wildman–Crippen MR) is 85.2 cm³/mol. The first-order valence-electron chi connectivity index (χ1n) is 7.04. The number of nitrogens with two attached hydrogens (primary N) is 1. The normalized spacial score (nSPS) is 18.6. The number of ether oxygens (including phenoxy) is 1. The van der Waals surface area contributed by atoms with Crippen molar-refractivity contribution in [2.24, 2.45) is 10.9 Å². The van der Waals surface area contributed by atoms with Crippen molar-refractivity contribution in [3.8, 4) is 0 Å². The van der Waals surface area contributed by atoms with Crippen molar-refractivity contribution in [2.75, 3.05) is 13.1 Å². The molecule has 0 aromatic carbocycles. The lowest BCUT2D eigenvalue weighted by molar-refractivity contribution is 0.0374. The van der Waals surface area contributed by atoms with Gasteiger partial charge in [-0.3, -0.25) is 4.90 Å². The molecule has 1 aromatic rings. The van der Waals surface area contributed by atoms with E-state index in [0.717, 1.165) is 4.88 Å². The summed E-state index contributed by atoms with van der Waals surface area (Å²) in [4.78, 5) is 14.8. The van der Waals surface area contributed by atoms with Crippen molar-refractivity contribution in [1.29, 1.82) is 0 Å². The summed E-state index contributed by atoms with van der Waals surface area (Å²) in [7, 11) is 0. The summed E-state index contributed by atoms with van der Waals surface area (Å²) < 4.78 is 5.23. The Morgan fingerprint density at radius 1 is 1.59 bits per heavy atom. The molecule has 0 bridgehead atoms. The highest BCUT2D eigenvalue weighted by Gasteiger charge is 2.37. The Kier molecular flexibility index (Phi) is 4.92. The van der Waals surface area contributed by atoms with E-state index in [4.69, 9.17) is 15.7 Å². The van der Waals surface area contributed by atoms with Gasteiger partial charge in [-0.25, -0.2) is 4.79 Å². The van der Waals surface area contributed by atoms with E-state index in [-0.39, 0.29) is 17.9 Å². The molecule has 8 heteroatoms. The molecule has 2 rings (SSSR count). The quantitative estimate of drug-likeness (QED) is 0.339. The summed E-state index contributed by atoms with van der Waals surface area (Å²) in [5, 5.41) is 16.9. The number of amides is 1. The zero-order chi connectivity index (χ0) is 16.3. The van der Waals surface area contributed by atoms with Crippen LogP contribution in [-0.2, 0) is 4.74 Å². The smallest absolute Gasteiger partial charge is 0.407 e. The zero-order valence-corrected chi connectivity index (χ0v) is 13.8. The van der Waals surface area contributed by atoms with E-state index in [0.29, 0.717) is 13.1 Å². The van der Waals surface area contributed by atoms with Crippen LogP contribution < -0.4 is 11.1 Å². The number of nitrogens with one attached hydrogen (secondary N) is 1. The maximum Gasteiger partial charge on any atom is 0.407 e.